The van der Waals surface area contributed by atoms with Crippen LogP contribution < -0.4 is 0 Å². The Balaban J connectivity index is 2.49. The largest absolute Gasteiger partial charge is 0.374 e. The van der Waals surface area contributed by atoms with Crippen molar-refractivity contribution in [2.24, 2.45) is 5.92 Å². The summed E-state index contributed by atoms with van der Waals surface area (Å²) in [6.07, 6.45) is 1.96. The normalized spacial score (nSPS) is 33.5. The van der Waals surface area contributed by atoms with Gasteiger partial charge in [-0.25, -0.2) is 0 Å². The third-order valence-corrected chi connectivity index (χ3v) is 1.81. The van der Waals surface area contributed by atoms with Crippen LogP contribution in [0.25, 0.3) is 0 Å². The van der Waals surface area contributed by atoms with E-state index in [4.69, 9.17) is 4.74 Å². The zero-order valence-electron chi connectivity index (χ0n) is 5.48. The minimum atomic E-state index is 0.0712. The minimum Gasteiger partial charge on any atom is -0.374 e. The van der Waals surface area contributed by atoms with Crippen LogP contribution in [-0.4, -0.2) is 12.2 Å². The maximum Gasteiger partial charge on any atom is 0.0711 e. The lowest BCUT2D eigenvalue weighted by molar-refractivity contribution is -0.160. The first-order valence-corrected chi connectivity index (χ1v) is 2.93. The summed E-state index contributed by atoms with van der Waals surface area (Å²) >= 11 is 0. The molecule has 46 valence electrons. The van der Waals surface area contributed by atoms with E-state index in [0.717, 1.165) is 6.61 Å². The Morgan fingerprint density at radius 2 is 2.38 bits per heavy atom. The first-order valence-electron chi connectivity index (χ1n) is 2.93. The van der Waals surface area contributed by atoms with Crippen LogP contribution in [0.1, 0.15) is 13.8 Å². The monoisotopic (exact) mass is 112 g/mol. The lowest BCUT2D eigenvalue weighted by atomic mass is 9.86. The fraction of sp³-hybridized carbons (Fsp3) is 0.714. The van der Waals surface area contributed by atoms with Gasteiger partial charge >= 0.3 is 0 Å². The number of rotatable bonds is 1. The molecule has 1 heteroatoms. The van der Waals surface area contributed by atoms with Crippen molar-refractivity contribution in [3.63, 3.8) is 0 Å². The average Bonchev–Trinajstić information content (AvgIpc) is 1.66. The Morgan fingerprint density at radius 1 is 1.75 bits per heavy atom. The third kappa shape index (κ3) is 0.671. The highest BCUT2D eigenvalue weighted by molar-refractivity contribution is 4.97. The second-order valence-corrected chi connectivity index (χ2v) is 2.76. The summed E-state index contributed by atoms with van der Waals surface area (Å²) in [5.74, 6) is 0.572. The molecule has 0 aliphatic carbocycles. The molecule has 1 heterocycles. The molecule has 1 fully saturated rings. The van der Waals surface area contributed by atoms with Crippen molar-refractivity contribution in [3.05, 3.63) is 12.7 Å². The molecule has 1 atom stereocenters. The van der Waals surface area contributed by atoms with Gasteiger partial charge in [0.25, 0.3) is 0 Å². The highest BCUT2D eigenvalue weighted by atomic mass is 16.5. The molecule has 8 heavy (non-hydrogen) atoms. The van der Waals surface area contributed by atoms with Crippen molar-refractivity contribution >= 4 is 0 Å². The first kappa shape index (κ1) is 5.83. The summed E-state index contributed by atoms with van der Waals surface area (Å²) in [5, 5.41) is 0. The summed E-state index contributed by atoms with van der Waals surface area (Å²) in [6, 6.07) is 0. The highest BCUT2D eigenvalue weighted by Crippen LogP contribution is 2.32. The SMILES string of the molecule is C=CC1COC1(C)C. The fourth-order valence-electron chi connectivity index (χ4n) is 0.865. The molecule has 0 aromatic heterocycles. The van der Waals surface area contributed by atoms with Crippen molar-refractivity contribution in [2.45, 2.75) is 19.4 Å². The topological polar surface area (TPSA) is 9.23 Å². The molecule has 1 nitrogen and oxygen atoms in total. The molecular weight excluding hydrogens is 100 g/mol. The van der Waals surface area contributed by atoms with Gasteiger partial charge in [0.05, 0.1) is 12.2 Å². The van der Waals surface area contributed by atoms with Gasteiger partial charge in [-0.05, 0) is 13.8 Å². The molecule has 0 spiro atoms. The summed E-state index contributed by atoms with van der Waals surface area (Å²) < 4.78 is 5.25. The van der Waals surface area contributed by atoms with E-state index in [2.05, 4.69) is 20.4 Å². The van der Waals surface area contributed by atoms with Crippen LogP contribution in [0, 0.1) is 5.92 Å². The van der Waals surface area contributed by atoms with Crippen LogP contribution in [-0.2, 0) is 4.74 Å². The molecule has 0 bridgehead atoms. The molecule has 0 amide bonds. The van der Waals surface area contributed by atoms with Gasteiger partial charge in [0.1, 0.15) is 0 Å². The van der Waals surface area contributed by atoms with E-state index in [9.17, 15) is 0 Å². The van der Waals surface area contributed by atoms with Crippen molar-refractivity contribution in [1.82, 2.24) is 0 Å². The van der Waals surface area contributed by atoms with Gasteiger partial charge in [-0.1, -0.05) is 6.08 Å². The molecule has 0 aromatic carbocycles. The van der Waals surface area contributed by atoms with Crippen LogP contribution in [0.3, 0.4) is 0 Å². The molecule has 0 aromatic rings. The van der Waals surface area contributed by atoms with Crippen molar-refractivity contribution in [1.29, 1.82) is 0 Å². The van der Waals surface area contributed by atoms with E-state index >= 15 is 0 Å². The Kier molecular flexibility index (Phi) is 1.16. The zero-order chi connectivity index (χ0) is 6.20. The Hall–Kier alpha value is -0.300. The van der Waals surface area contributed by atoms with Gasteiger partial charge in [-0.2, -0.15) is 0 Å². The second kappa shape index (κ2) is 1.59. The van der Waals surface area contributed by atoms with Crippen LogP contribution in [0.4, 0.5) is 0 Å². The molecule has 0 radical (unpaired) electrons. The predicted octanol–water partition coefficient (Wildman–Crippen LogP) is 1.60. The van der Waals surface area contributed by atoms with E-state index in [1.54, 1.807) is 0 Å². The van der Waals surface area contributed by atoms with Crippen molar-refractivity contribution in [3.8, 4) is 0 Å². The predicted molar refractivity (Wildman–Crippen MR) is 33.7 cm³/mol. The maximum absolute atomic E-state index is 5.25. The van der Waals surface area contributed by atoms with E-state index in [-0.39, 0.29) is 5.60 Å². The minimum absolute atomic E-state index is 0.0712. The van der Waals surface area contributed by atoms with Gasteiger partial charge in [0.2, 0.25) is 0 Å². The molecule has 0 saturated carbocycles. The fourth-order valence-corrected chi connectivity index (χ4v) is 0.865. The average molecular weight is 112 g/mol. The molecule has 1 saturated heterocycles. The van der Waals surface area contributed by atoms with Crippen LogP contribution in [0.2, 0.25) is 0 Å². The molecule has 1 aliphatic heterocycles. The van der Waals surface area contributed by atoms with Crippen molar-refractivity contribution < 1.29 is 4.74 Å². The molecular formula is C7H12O. The maximum atomic E-state index is 5.25. The summed E-state index contributed by atoms with van der Waals surface area (Å²) in [6.45, 7) is 8.73. The Morgan fingerprint density at radius 3 is 2.38 bits per heavy atom. The van der Waals surface area contributed by atoms with E-state index < -0.39 is 0 Å². The van der Waals surface area contributed by atoms with Gasteiger partial charge in [0, 0.05) is 5.92 Å². The Labute approximate surface area is 50.3 Å². The summed E-state index contributed by atoms with van der Waals surface area (Å²) in [5.41, 5.74) is 0.0712. The van der Waals surface area contributed by atoms with E-state index in [1.807, 2.05) is 6.08 Å². The van der Waals surface area contributed by atoms with Crippen LogP contribution in [0.5, 0.6) is 0 Å². The van der Waals surface area contributed by atoms with Crippen LogP contribution in [0.15, 0.2) is 12.7 Å². The molecule has 1 rings (SSSR count). The smallest absolute Gasteiger partial charge is 0.0711 e. The quantitative estimate of drug-likeness (QED) is 0.468. The van der Waals surface area contributed by atoms with E-state index in [0.29, 0.717) is 5.92 Å². The lowest BCUT2D eigenvalue weighted by Gasteiger charge is -2.42. The molecule has 1 aliphatic rings. The molecule has 1 unspecified atom stereocenters. The van der Waals surface area contributed by atoms with Gasteiger partial charge in [0.15, 0.2) is 0 Å². The molecule has 0 N–H and O–H groups in total. The van der Waals surface area contributed by atoms with Gasteiger partial charge < -0.3 is 4.74 Å². The first-order chi connectivity index (χ1) is 3.67. The standard InChI is InChI=1S/C7H12O/c1-4-6-5-8-7(6,2)3/h4,6H,1,5H2,2-3H3. The number of hydrogen-bond donors (Lipinski definition) is 0. The van der Waals surface area contributed by atoms with Crippen LogP contribution >= 0.6 is 0 Å². The lowest BCUT2D eigenvalue weighted by Crippen LogP contribution is -2.47. The van der Waals surface area contributed by atoms with Crippen molar-refractivity contribution in [2.75, 3.05) is 6.61 Å². The second-order valence-electron chi connectivity index (χ2n) is 2.76. The van der Waals surface area contributed by atoms with E-state index in [1.165, 1.54) is 0 Å². The number of ether oxygens (including phenoxy) is 1. The summed E-state index contributed by atoms with van der Waals surface area (Å²) in [7, 11) is 0. The zero-order valence-corrected chi connectivity index (χ0v) is 5.48. The Bertz CT molecular complexity index is 105. The third-order valence-electron chi connectivity index (χ3n) is 1.81. The van der Waals surface area contributed by atoms with Gasteiger partial charge in [-0.3, -0.25) is 0 Å². The van der Waals surface area contributed by atoms with Gasteiger partial charge in [-0.15, -0.1) is 6.58 Å². The summed E-state index contributed by atoms with van der Waals surface area (Å²) in [4.78, 5) is 0. The highest BCUT2D eigenvalue weighted by Gasteiger charge is 2.37. The number of hydrogen-bond acceptors (Lipinski definition) is 1.